The first-order valence-corrected chi connectivity index (χ1v) is 10.5. The van der Waals surface area contributed by atoms with Gasteiger partial charge in [-0.25, -0.2) is 12.8 Å². The number of benzene rings is 2. The van der Waals surface area contributed by atoms with Gasteiger partial charge in [-0.05, 0) is 44.2 Å². The molecule has 160 valence electrons. The maximum Gasteiger partial charge on any atom is 0.271 e. The standard InChI is InChI=1S/C19H20FN3O6S/c1-12-10-22(11-13(2)29-12)30(27,28)16-6-3-14(4-7-16)19(24)21-18-9-15(23(25)26)5-8-17(18)20/h3-9,12-13H,10-11H2,1-2H3,(H,21,24). The number of non-ortho nitro benzene ring substituents is 1. The number of carbonyl (C=O) groups excluding carboxylic acids is 1. The molecule has 3 rings (SSSR count). The van der Waals surface area contributed by atoms with Gasteiger partial charge in [0.1, 0.15) is 5.82 Å². The van der Waals surface area contributed by atoms with Crippen LogP contribution in [0.3, 0.4) is 0 Å². The van der Waals surface area contributed by atoms with Crippen molar-refractivity contribution in [2.24, 2.45) is 0 Å². The van der Waals surface area contributed by atoms with Crippen molar-refractivity contribution in [2.75, 3.05) is 18.4 Å². The first kappa shape index (κ1) is 21.8. The number of sulfonamides is 1. The van der Waals surface area contributed by atoms with Gasteiger partial charge in [0.25, 0.3) is 11.6 Å². The molecule has 0 aromatic heterocycles. The maximum atomic E-state index is 13.9. The van der Waals surface area contributed by atoms with E-state index in [1.165, 1.54) is 28.6 Å². The van der Waals surface area contributed by atoms with Crippen molar-refractivity contribution in [3.8, 4) is 0 Å². The molecule has 1 N–H and O–H groups in total. The van der Waals surface area contributed by atoms with E-state index in [0.29, 0.717) is 0 Å². The molecule has 0 aliphatic carbocycles. The summed E-state index contributed by atoms with van der Waals surface area (Å²) < 4.78 is 46.5. The molecule has 1 fully saturated rings. The summed E-state index contributed by atoms with van der Waals surface area (Å²) in [6.45, 7) is 4.03. The number of hydrogen-bond donors (Lipinski definition) is 1. The van der Waals surface area contributed by atoms with Crippen molar-refractivity contribution in [1.29, 1.82) is 0 Å². The highest BCUT2D eigenvalue weighted by molar-refractivity contribution is 7.89. The summed E-state index contributed by atoms with van der Waals surface area (Å²) >= 11 is 0. The van der Waals surface area contributed by atoms with E-state index in [0.717, 1.165) is 18.2 Å². The van der Waals surface area contributed by atoms with Crippen LogP contribution in [0.25, 0.3) is 0 Å². The Labute approximate surface area is 172 Å². The van der Waals surface area contributed by atoms with Gasteiger partial charge in [-0.2, -0.15) is 4.31 Å². The first-order chi connectivity index (χ1) is 14.1. The number of ether oxygens (including phenoxy) is 1. The largest absolute Gasteiger partial charge is 0.373 e. The van der Waals surface area contributed by atoms with E-state index in [-0.39, 0.29) is 47.1 Å². The number of nitro groups is 1. The molecule has 1 heterocycles. The van der Waals surface area contributed by atoms with Crippen LogP contribution in [0.1, 0.15) is 24.2 Å². The molecule has 2 atom stereocenters. The molecule has 1 saturated heterocycles. The van der Waals surface area contributed by atoms with Crippen molar-refractivity contribution in [2.45, 2.75) is 31.0 Å². The van der Waals surface area contributed by atoms with Crippen LogP contribution < -0.4 is 5.32 Å². The number of carbonyl (C=O) groups is 1. The lowest BCUT2D eigenvalue weighted by molar-refractivity contribution is -0.384. The number of nitrogens with one attached hydrogen (secondary N) is 1. The molecule has 0 radical (unpaired) electrons. The average Bonchev–Trinajstić information content (AvgIpc) is 2.68. The van der Waals surface area contributed by atoms with Crippen molar-refractivity contribution in [1.82, 2.24) is 4.31 Å². The number of halogens is 1. The van der Waals surface area contributed by atoms with Crippen molar-refractivity contribution in [3.05, 3.63) is 64.0 Å². The first-order valence-electron chi connectivity index (χ1n) is 9.09. The smallest absolute Gasteiger partial charge is 0.271 e. The van der Waals surface area contributed by atoms with Crippen LogP contribution in [0, 0.1) is 15.9 Å². The lowest BCUT2D eigenvalue weighted by Gasteiger charge is -2.34. The molecular weight excluding hydrogens is 417 g/mol. The van der Waals surface area contributed by atoms with Crippen LogP contribution in [-0.4, -0.2) is 48.9 Å². The highest BCUT2D eigenvalue weighted by Gasteiger charge is 2.32. The highest BCUT2D eigenvalue weighted by Crippen LogP contribution is 2.24. The summed E-state index contributed by atoms with van der Waals surface area (Å²) in [6.07, 6.45) is -0.475. The maximum absolute atomic E-state index is 13.9. The third-order valence-electron chi connectivity index (χ3n) is 4.55. The summed E-state index contributed by atoms with van der Waals surface area (Å²) in [5.74, 6) is -1.56. The van der Waals surface area contributed by atoms with Crippen LogP contribution in [0.5, 0.6) is 0 Å². The van der Waals surface area contributed by atoms with Crippen molar-refractivity contribution >= 4 is 27.3 Å². The Hall–Kier alpha value is -2.89. The summed E-state index contributed by atoms with van der Waals surface area (Å²) in [6, 6.07) is 7.95. The molecule has 9 nitrogen and oxygen atoms in total. The van der Waals surface area contributed by atoms with Gasteiger partial charge in [-0.15, -0.1) is 0 Å². The molecule has 1 aliphatic rings. The van der Waals surface area contributed by atoms with E-state index in [9.17, 15) is 27.7 Å². The van der Waals surface area contributed by atoms with E-state index in [4.69, 9.17) is 4.74 Å². The number of anilines is 1. The van der Waals surface area contributed by atoms with Gasteiger partial charge in [0.05, 0.1) is 27.7 Å². The van der Waals surface area contributed by atoms with E-state index < -0.39 is 26.7 Å². The fourth-order valence-corrected chi connectivity index (χ4v) is 4.76. The van der Waals surface area contributed by atoms with Crippen LogP contribution in [0.4, 0.5) is 15.8 Å². The Bertz CT molecular complexity index is 1060. The van der Waals surface area contributed by atoms with Crippen LogP contribution in [0.2, 0.25) is 0 Å². The summed E-state index contributed by atoms with van der Waals surface area (Å²) in [7, 11) is -3.76. The van der Waals surface area contributed by atoms with Gasteiger partial charge < -0.3 is 10.1 Å². The minimum Gasteiger partial charge on any atom is -0.373 e. The SMILES string of the molecule is CC1CN(S(=O)(=O)c2ccc(C(=O)Nc3cc([N+](=O)[O-])ccc3F)cc2)CC(C)O1. The number of nitrogens with zero attached hydrogens (tertiary/aromatic N) is 2. The normalized spacial score (nSPS) is 20.0. The van der Waals surface area contributed by atoms with Gasteiger partial charge in [0.15, 0.2) is 0 Å². The summed E-state index contributed by atoms with van der Waals surface area (Å²) in [4.78, 5) is 22.5. The van der Waals surface area contributed by atoms with E-state index in [1.807, 2.05) is 0 Å². The third-order valence-corrected chi connectivity index (χ3v) is 6.40. The van der Waals surface area contributed by atoms with Gasteiger partial charge >= 0.3 is 0 Å². The Morgan fingerprint density at radius 1 is 1.17 bits per heavy atom. The molecule has 0 spiro atoms. The number of nitro benzene ring substituents is 1. The number of hydrogen-bond acceptors (Lipinski definition) is 6. The molecule has 0 saturated carbocycles. The number of amides is 1. The minimum absolute atomic E-state index is 0.0156. The monoisotopic (exact) mass is 437 g/mol. The molecular formula is C19H20FN3O6S. The van der Waals surface area contributed by atoms with Crippen LogP contribution >= 0.6 is 0 Å². The fourth-order valence-electron chi connectivity index (χ4n) is 3.17. The Balaban J connectivity index is 1.78. The van der Waals surface area contributed by atoms with Gasteiger partial charge in [0.2, 0.25) is 10.0 Å². The third kappa shape index (κ3) is 4.64. The number of rotatable bonds is 5. The van der Waals surface area contributed by atoms with E-state index in [2.05, 4.69) is 5.32 Å². The van der Waals surface area contributed by atoms with Crippen LogP contribution in [-0.2, 0) is 14.8 Å². The molecule has 0 bridgehead atoms. The Morgan fingerprint density at radius 2 is 1.77 bits per heavy atom. The van der Waals surface area contributed by atoms with Crippen molar-refractivity contribution < 1.29 is 27.3 Å². The fraction of sp³-hybridized carbons (Fsp3) is 0.316. The molecule has 2 aromatic carbocycles. The molecule has 1 amide bonds. The zero-order valence-electron chi connectivity index (χ0n) is 16.2. The minimum atomic E-state index is -3.76. The number of morpholine rings is 1. The second-order valence-electron chi connectivity index (χ2n) is 6.98. The topological polar surface area (TPSA) is 119 Å². The molecule has 2 unspecified atom stereocenters. The zero-order chi connectivity index (χ0) is 22.1. The van der Waals surface area contributed by atoms with Gasteiger partial charge in [0, 0.05) is 30.8 Å². The summed E-state index contributed by atoms with van der Waals surface area (Å²) in [5, 5.41) is 13.1. The molecule has 30 heavy (non-hydrogen) atoms. The van der Waals surface area contributed by atoms with Crippen molar-refractivity contribution in [3.63, 3.8) is 0 Å². The molecule has 2 aromatic rings. The Morgan fingerprint density at radius 3 is 2.33 bits per heavy atom. The Kier molecular flexibility index (Phi) is 6.15. The quantitative estimate of drug-likeness (QED) is 0.568. The zero-order valence-corrected chi connectivity index (χ0v) is 17.1. The predicted molar refractivity (Wildman–Crippen MR) is 106 cm³/mol. The average molecular weight is 437 g/mol. The van der Waals surface area contributed by atoms with E-state index >= 15 is 0 Å². The molecule has 1 aliphatic heterocycles. The predicted octanol–water partition coefficient (Wildman–Crippen LogP) is 2.78. The van der Waals surface area contributed by atoms with Crippen LogP contribution in [0.15, 0.2) is 47.4 Å². The van der Waals surface area contributed by atoms with E-state index in [1.54, 1.807) is 13.8 Å². The lowest BCUT2D eigenvalue weighted by Crippen LogP contribution is -2.48. The lowest BCUT2D eigenvalue weighted by atomic mass is 10.2. The summed E-state index contributed by atoms with van der Waals surface area (Å²) in [5.41, 5.74) is -0.645. The highest BCUT2D eigenvalue weighted by atomic mass is 32.2. The van der Waals surface area contributed by atoms with Gasteiger partial charge in [-0.1, -0.05) is 0 Å². The molecule has 11 heteroatoms. The second kappa shape index (κ2) is 8.46. The second-order valence-corrected chi connectivity index (χ2v) is 8.92. The van der Waals surface area contributed by atoms with Gasteiger partial charge in [-0.3, -0.25) is 14.9 Å².